The summed E-state index contributed by atoms with van der Waals surface area (Å²) in [5.74, 6) is -0.366. The number of nitriles is 1. The second-order valence-electron chi connectivity index (χ2n) is 5.11. The van der Waals surface area contributed by atoms with E-state index in [9.17, 15) is 9.65 Å². The normalized spacial score (nSPS) is 10.5. The molecular weight excluding hydrogens is 279 g/mol. The lowest BCUT2D eigenvalue weighted by Crippen LogP contribution is -2.02. The number of halogens is 1. The van der Waals surface area contributed by atoms with Gasteiger partial charge in [0.2, 0.25) is 0 Å². The molecule has 0 fully saturated rings. The topological polar surface area (TPSA) is 54.5 Å². The molecule has 0 aliphatic heterocycles. The minimum absolute atomic E-state index is 0.173. The van der Waals surface area contributed by atoms with Gasteiger partial charge in [-0.25, -0.2) is 9.07 Å². The highest BCUT2D eigenvalue weighted by Crippen LogP contribution is 2.27. The van der Waals surface area contributed by atoms with Gasteiger partial charge in [0, 0.05) is 5.56 Å². The molecule has 1 aromatic heterocycles. The molecular formula is C17H13FN4. The Bertz CT molecular complexity index is 890. The number of aromatic nitrogens is 3. The van der Waals surface area contributed by atoms with Crippen molar-refractivity contribution in [1.82, 2.24) is 15.0 Å². The fraction of sp³-hybridized carbons (Fsp3) is 0.118. The molecule has 0 N–H and O–H groups in total. The molecule has 4 nitrogen and oxygen atoms in total. The highest BCUT2D eigenvalue weighted by Gasteiger charge is 2.17. The first-order valence-corrected chi connectivity index (χ1v) is 6.79. The third kappa shape index (κ3) is 2.35. The minimum Gasteiger partial charge on any atom is -0.211 e. The van der Waals surface area contributed by atoms with Crippen LogP contribution in [0.2, 0.25) is 0 Å². The average Bonchev–Trinajstić information content (AvgIpc) is 2.93. The predicted molar refractivity (Wildman–Crippen MR) is 80.9 cm³/mol. The summed E-state index contributed by atoms with van der Waals surface area (Å²) in [7, 11) is 0. The fourth-order valence-electron chi connectivity index (χ4n) is 2.37. The SMILES string of the molecule is Cc1ccc(C)c(-n2nnc(C#N)c2-c2cccc(F)c2)c1. The molecule has 22 heavy (non-hydrogen) atoms. The fourth-order valence-corrected chi connectivity index (χ4v) is 2.37. The molecule has 0 spiro atoms. The molecule has 108 valence electrons. The van der Waals surface area contributed by atoms with E-state index in [4.69, 9.17) is 0 Å². The largest absolute Gasteiger partial charge is 0.211 e. The maximum Gasteiger partial charge on any atom is 0.191 e. The van der Waals surface area contributed by atoms with Gasteiger partial charge in [0.1, 0.15) is 17.6 Å². The Balaban J connectivity index is 2.29. The van der Waals surface area contributed by atoms with Crippen molar-refractivity contribution in [2.75, 3.05) is 0 Å². The van der Waals surface area contributed by atoms with Crippen LogP contribution < -0.4 is 0 Å². The third-order valence-corrected chi connectivity index (χ3v) is 3.47. The van der Waals surface area contributed by atoms with E-state index in [1.807, 2.05) is 38.1 Å². The lowest BCUT2D eigenvalue weighted by atomic mass is 10.1. The summed E-state index contributed by atoms with van der Waals surface area (Å²) in [5.41, 5.74) is 4.13. The van der Waals surface area contributed by atoms with Crippen molar-refractivity contribution in [3.8, 4) is 23.0 Å². The van der Waals surface area contributed by atoms with Gasteiger partial charge in [0.15, 0.2) is 5.69 Å². The van der Waals surface area contributed by atoms with E-state index < -0.39 is 0 Å². The van der Waals surface area contributed by atoms with E-state index in [2.05, 4.69) is 10.3 Å². The van der Waals surface area contributed by atoms with Crippen LogP contribution in [0.3, 0.4) is 0 Å². The van der Waals surface area contributed by atoms with E-state index in [1.54, 1.807) is 16.8 Å². The molecule has 0 radical (unpaired) electrons. The number of hydrogen-bond acceptors (Lipinski definition) is 3. The smallest absolute Gasteiger partial charge is 0.191 e. The number of rotatable bonds is 2. The predicted octanol–water partition coefficient (Wildman–Crippen LogP) is 3.56. The number of hydrogen-bond donors (Lipinski definition) is 0. The van der Waals surface area contributed by atoms with Crippen LogP contribution in [0.15, 0.2) is 42.5 Å². The Morgan fingerprint density at radius 3 is 2.68 bits per heavy atom. The molecule has 0 saturated carbocycles. The number of benzene rings is 2. The minimum atomic E-state index is -0.366. The molecule has 3 aromatic rings. The van der Waals surface area contributed by atoms with Gasteiger partial charge >= 0.3 is 0 Å². The summed E-state index contributed by atoms with van der Waals surface area (Å²) in [6.45, 7) is 3.94. The molecule has 0 atom stereocenters. The van der Waals surface area contributed by atoms with Gasteiger partial charge in [0.25, 0.3) is 0 Å². The summed E-state index contributed by atoms with van der Waals surface area (Å²) in [6, 6.07) is 14.1. The Morgan fingerprint density at radius 1 is 1.14 bits per heavy atom. The van der Waals surface area contributed by atoms with E-state index in [-0.39, 0.29) is 11.5 Å². The monoisotopic (exact) mass is 292 g/mol. The molecule has 1 heterocycles. The molecule has 0 saturated heterocycles. The van der Waals surface area contributed by atoms with Gasteiger partial charge in [-0.1, -0.05) is 29.5 Å². The first-order chi connectivity index (χ1) is 10.6. The Hall–Kier alpha value is -3.00. The van der Waals surface area contributed by atoms with E-state index in [0.717, 1.165) is 16.8 Å². The van der Waals surface area contributed by atoms with Crippen molar-refractivity contribution < 1.29 is 4.39 Å². The van der Waals surface area contributed by atoms with Crippen LogP contribution in [0.5, 0.6) is 0 Å². The molecule has 0 bridgehead atoms. The van der Waals surface area contributed by atoms with Crippen molar-refractivity contribution in [1.29, 1.82) is 5.26 Å². The zero-order valence-electron chi connectivity index (χ0n) is 12.2. The highest BCUT2D eigenvalue weighted by atomic mass is 19.1. The molecule has 0 aliphatic carbocycles. The molecule has 3 rings (SSSR count). The van der Waals surface area contributed by atoms with Gasteiger partial charge in [-0.2, -0.15) is 5.26 Å². The van der Waals surface area contributed by atoms with Crippen molar-refractivity contribution in [2.45, 2.75) is 13.8 Å². The van der Waals surface area contributed by atoms with Gasteiger partial charge in [-0.15, -0.1) is 5.10 Å². The van der Waals surface area contributed by atoms with Gasteiger partial charge in [-0.05, 0) is 43.2 Å². The van der Waals surface area contributed by atoms with E-state index in [0.29, 0.717) is 11.3 Å². The van der Waals surface area contributed by atoms with Crippen LogP contribution >= 0.6 is 0 Å². The first-order valence-electron chi connectivity index (χ1n) is 6.79. The highest BCUT2D eigenvalue weighted by molar-refractivity contribution is 5.67. The average molecular weight is 292 g/mol. The summed E-state index contributed by atoms with van der Waals surface area (Å²) in [5, 5.41) is 17.3. The molecule has 2 aromatic carbocycles. The zero-order chi connectivity index (χ0) is 15.7. The molecule has 0 aliphatic rings. The molecule has 0 amide bonds. The maximum atomic E-state index is 13.5. The Kier molecular flexibility index (Phi) is 3.43. The van der Waals surface area contributed by atoms with Crippen molar-refractivity contribution in [3.63, 3.8) is 0 Å². The van der Waals surface area contributed by atoms with Crippen LogP contribution in [0.25, 0.3) is 16.9 Å². The van der Waals surface area contributed by atoms with Crippen LogP contribution in [0.1, 0.15) is 16.8 Å². The van der Waals surface area contributed by atoms with Crippen LogP contribution in [0, 0.1) is 31.0 Å². The van der Waals surface area contributed by atoms with E-state index >= 15 is 0 Å². The first kappa shape index (κ1) is 14.0. The Morgan fingerprint density at radius 2 is 1.95 bits per heavy atom. The number of aryl methyl sites for hydroxylation is 2. The summed E-state index contributed by atoms with van der Waals surface area (Å²) < 4.78 is 15.1. The number of nitrogens with zero attached hydrogens (tertiary/aromatic N) is 4. The van der Waals surface area contributed by atoms with Crippen molar-refractivity contribution in [2.24, 2.45) is 0 Å². The van der Waals surface area contributed by atoms with Gasteiger partial charge < -0.3 is 0 Å². The quantitative estimate of drug-likeness (QED) is 0.725. The van der Waals surface area contributed by atoms with E-state index in [1.165, 1.54) is 12.1 Å². The maximum absolute atomic E-state index is 13.5. The summed E-state index contributed by atoms with van der Waals surface area (Å²) in [4.78, 5) is 0. The lowest BCUT2D eigenvalue weighted by Gasteiger charge is -2.10. The molecule has 0 unspecified atom stereocenters. The van der Waals surface area contributed by atoms with Gasteiger partial charge in [-0.3, -0.25) is 0 Å². The van der Waals surface area contributed by atoms with Crippen LogP contribution in [-0.4, -0.2) is 15.0 Å². The van der Waals surface area contributed by atoms with Crippen molar-refractivity contribution in [3.05, 3.63) is 65.1 Å². The van der Waals surface area contributed by atoms with Gasteiger partial charge in [0.05, 0.1) is 5.69 Å². The standard InChI is InChI=1S/C17H13FN4/c1-11-6-7-12(2)16(8-11)22-17(15(10-19)20-21-22)13-4-3-5-14(18)9-13/h3-9H,1-2H3. The second-order valence-corrected chi connectivity index (χ2v) is 5.11. The molecule has 5 heteroatoms. The second kappa shape index (κ2) is 5.41. The Labute approximate surface area is 127 Å². The third-order valence-electron chi connectivity index (χ3n) is 3.47. The van der Waals surface area contributed by atoms with Crippen LogP contribution in [0.4, 0.5) is 4.39 Å². The lowest BCUT2D eigenvalue weighted by molar-refractivity contribution is 0.628. The zero-order valence-corrected chi connectivity index (χ0v) is 12.2. The van der Waals surface area contributed by atoms with Crippen LogP contribution in [-0.2, 0) is 0 Å². The summed E-state index contributed by atoms with van der Waals surface area (Å²) >= 11 is 0. The summed E-state index contributed by atoms with van der Waals surface area (Å²) in [6.07, 6.45) is 0. The van der Waals surface area contributed by atoms with Crippen molar-refractivity contribution >= 4 is 0 Å².